The second-order valence-corrected chi connectivity index (χ2v) is 2.94. The van der Waals surface area contributed by atoms with Crippen molar-refractivity contribution in [3.63, 3.8) is 0 Å². The van der Waals surface area contributed by atoms with Gasteiger partial charge in [0.15, 0.2) is 0 Å². The predicted molar refractivity (Wildman–Crippen MR) is 58.4 cm³/mol. The molecule has 74 valence electrons. The van der Waals surface area contributed by atoms with Crippen molar-refractivity contribution in [2.24, 2.45) is 5.73 Å². The predicted octanol–water partition coefficient (Wildman–Crippen LogP) is 1.95. The van der Waals surface area contributed by atoms with E-state index in [1.165, 1.54) is 5.54 Å². The minimum absolute atomic E-state index is 0.429. The molecule has 1 aromatic rings. The Labute approximate surface area is 87.6 Å². The highest BCUT2D eigenvalue weighted by molar-refractivity contribution is 6.25. The van der Waals surface area contributed by atoms with E-state index in [0.717, 1.165) is 5.69 Å². The number of amides is 1. The average molecular weight is 211 g/mol. The van der Waals surface area contributed by atoms with Crippen molar-refractivity contribution in [3.05, 3.63) is 41.4 Å². The Kier molecular flexibility index (Phi) is 4.01. The van der Waals surface area contributed by atoms with Crippen LogP contribution in [-0.2, 0) is 0 Å². The quantitative estimate of drug-likeness (QED) is 0.798. The molecule has 0 fully saturated rings. The molecule has 0 heterocycles. The summed E-state index contributed by atoms with van der Waals surface area (Å²) in [5, 5.41) is 3.06. The molecule has 0 bridgehead atoms. The molecule has 14 heavy (non-hydrogen) atoms. The number of nitrogens with two attached hydrogens (primary N) is 1. The normalized spacial score (nSPS) is 10.4. The van der Waals surface area contributed by atoms with Gasteiger partial charge in [-0.3, -0.25) is 4.79 Å². The summed E-state index contributed by atoms with van der Waals surface area (Å²) in [7, 11) is 0. The van der Waals surface area contributed by atoms with Crippen LogP contribution in [0, 0.1) is 0 Å². The molecule has 0 unspecified atom stereocenters. The highest BCUT2D eigenvalue weighted by Gasteiger charge is 1.99. The first-order valence-electron chi connectivity index (χ1n) is 4.13. The van der Waals surface area contributed by atoms with Gasteiger partial charge >= 0.3 is 0 Å². The summed E-state index contributed by atoms with van der Waals surface area (Å²) in [6, 6.07) is 7.00. The van der Waals surface area contributed by atoms with Crippen LogP contribution in [-0.4, -0.2) is 12.5 Å². The molecule has 4 heteroatoms. The van der Waals surface area contributed by atoms with Gasteiger partial charge in [-0.25, -0.2) is 0 Å². The molecule has 0 aliphatic heterocycles. The fourth-order valence-corrected chi connectivity index (χ4v) is 1.09. The highest BCUT2D eigenvalue weighted by atomic mass is 35.5. The second kappa shape index (κ2) is 5.29. The molecule has 0 saturated carbocycles. The minimum Gasteiger partial charge on any atom is -0.382 e. The van der Waals surface area contributed by atoms with Gasteiger partial charge in [0.1, 0.15) is 0 Å². The second-order valence-electron chi connectivity index (χ2n) is 2.69. The Morgan fingerprint density at radius 1 is 1.57 bits per heavy atom. The first-order chi connectivity index (χ1) is 6.74. The molecule has 0 saturated heterocycles. The maximum absolute atomic E-state index is 10.8. The number of anilines is 1. The van der Waals surface area contributed by atoms with Crippen LogP contribution in [0.15, 0.2) is 35.9 Å². The molecule has 0 aromatic heterocycles. The summed E-state index contributed by atoms with van der Waals surface area (Å²) in [6.07, 6.45) is 1.76. The topological polar surface area (TPSA) is 55.1 Å². The number of primary amides is 1. The summed E-state index contributed by atoms with van der Waals surface area (Å²) >= 11 is 5.35. The molecule has 0 atom stereocenters. The lowest BCUT2D eigenvalue weighted by molar-refractivity contribution is 0.100. The fourth-order valence-electron chi connectivity index (χ4n) is 1.00. The summed E-state index contributed by atoms with van der Waals surface area (Å²) in [5.74, 6) is -0.429. The van der Waals surface area contributed by atoms with E-state index in [4.69, 9.17) is 17.3 Å². The van der Waals surface area contributed by atoms with Gasteiger partial charge in [-0.05, 0) is 18.2 Å². The smallest absolute Gasteiger partial charge is 0.248 e. The van der Waals surface area contributed by atoms with Crippen LogP contribution < -0.4 is 11.1 Å². The standard InChI is InChI=1S/C10H11ClN2O/c11-5-2-6-13-9-4-1-3-8(7-9)10(12)14/h1-5,7,13H,6H2,(H2,12,14)/b5-2+. The Bertz CT molecular complexity index is 350. The lowest BCUT2D eigenvalue weighted by Crippen LogP contribution is -2.11. The Hall–Kier alpha value is -1.48. The van der Waals surface area contributed by atoms with E-state index in [2.05, 4.69) is 5.32 Å². The zero-order valence-corrected chi connectivity index (χ0v) is 8.29. The molecule has 1 rings (SSSR count). The van der Waals surface area contributed by atoms with Crippen molar-refractivity contribution < 1.29 is 4.79 Å². The molecular weight excluding hydrogens is 200 g/mol. The molecule has 0 aliphatic carbocycles. The van der Waals surface area contributed by atoms with Gasteiger partial charge in [-0.15, -0.1) is 0 Å². The van der Waals surface area contributed by atoms with Crippen LogP contribution in [0.1, 0.15) is 10.4 Å². The third-order valence-electron chi connectivity index (χ3n) is 1.66. The zero-order chi connectivity index (χ0) is 10.4. The van der Waals surface area contributed by atoms with E-state index in [-0.39, 0.29) is 0 Å². The number of halogens is 1. The molecule has 3 N–H and O–H groups in total. The number of nitrogens with one attached hydrogen (secondary N) is 1. The number of carbonyl (C=O) groups excluding carboxylic acids is 1. The average Bonchev–Trinajstić information content (AvgIpc) is 2.19. The van der Waals surface area contributed by atoms with Gasteiger partial charge in [0.2, 0.25) is 5.91 Å². The molecule has 1 aromatic carbocycles. The minimum atomic E-state index is -0.429. The summed E-state index contributed by atoms with van der Waals surface area (Å²) < 4.78 is 0. The van der Waals surface area contributed by atoms with Crippen LogP contribution in [0.4, 0.5) is 5.69 Å². The van der Waals surface area contributed by atoms with Crippen molar-refractivity contribution in [1.82, 2.24) is 0 Å². The van der Waals surface area contributed by atoms with Crippen molar-refractivity contribution >= 4 is 23.2 Å². The van der Waals surface area contributed by atoms with Gasteiger partial charge < -0.3 is 11.1 Å². The first kappa shape index (κ1) is 10.6. The molecule has 0 aliphatic rings. The van der Waals surface area contributed by atoms with Gasteiger partial charge in [-0.2, -0.15) is 0 Å². The van der Waals surface area contributed by atoms with Crippen LogP contribution >= 0.6 is 11.6 Å². The SMILES string of the molecule is NC(=O)c1cccc(NC/C=C/Cl)c1. The maximum atomic E-state index is 10.8. The monoisotopic (exact) mass is 210 g/mol. The number of carbonyl (C=O) groups is 1. The molecule has 0 spiro atoms. The van der Waals surface area contributed by atoms with E-state index in [1.807, 2.05) is 6.07 Å². The van der Waals surface area contributed by atoms with Gasteiger partial charge in [0.05, 0.1) is 0 Å². The van der Waals surface area contributed by atoms with Crippen LogP contribution in [0.25, 0.3) is 0 Å². The summed E-state index contributed by atoms with van der Waals surface area (Å²) in [4.78, 5) is 10.8. The van der Waals surface area contributed by atoms with E-state index < -0.39 is 5.91 Å². The number of hydrogen-bond donors (Lipinski definition) is 2. The van der Waals surface area contributed by atoms with E-state index in [0.29, 0.717) is 12.1 Å². The molecule has 3 nitrogen and oxygen atoms in total. The van der Waals surface area contributed by atoms with Crippen LogP contribution in [0.3, 0.4) is 0 Å². The highest BCUT2D eigenvalue weighted by Crippen LogP contribution is 2.09. The van der Waals surface area contributed by atoms with Crippen LogP contribution in [0.2, 0.25) is 0 Å². The zero-order valence-electron chi connectivity index (χ0n) is 7.53. The van der Waals surface area contributed by atoms with Gasteiger partial charge in [0.25, 0.3) is 0 Å². The van der Waals surface area contributed by atoms with E-state index >= 15 is 0 Å². The number of benzene rings is 1. The fraction of sp³-hybridized carbons (Fsp3) is 0.100. The molecule has 1 amide bonds. The molecule has 0 radical (unpaired) electrons. The van der Waals surface area contributed by atoms with Crippen molar-refractivity contribution in [2.75, 3.05) is 11.9 Å². The third kappa shape index (κ3) is 3.11. The lowest BCUT2D eigenvalue weighted by atomic mass is 10.2. The molecular formula is C10H11ClN2O. The Morgan fingerprint density at radius 3 is 3.00 bits per heavy atom. The number of rotatable bonds is 4. The Balaban J connectivity index is 2.68. The van der Waals surface area contributed by atoms with E-state index in [9.17, 15) is 4.79 Å². The van der Waals surface area contributed by atoms with Gasteiger partial charge in [0, 0.05) is 23.3 Å². The largest absolute Gasteiger partial charge is 0.382 e. The number of hydrogen-bond acceptors (Lipinski definition) is 2. The summed E-state index contributed by atoms with van der Waals surface area (Å²) in [5.41, 5.74) is 7.91. The van der Waals surface area contributed by atoms with E-state index in [1.54, 1.807) is 24.3 Å². The van der Waals surface area contributed by atoms with Crippen molar-refractivity contribution in [1.29, 1.82) is 0 Å². The van der Waals surface area contributed by atoms with Crippen molar-refractivity contribution in [2.45, 2.75) is 0 Å². The van der Waals surface area contributed by atoms with Crippen molar-refractivity contribution in [3.8, 4) is 0 Å². The van der Waals surface area contributed by atoms with Gasteiger partial charge in [-0.1, -0.05) is 23.7 Å². The lowest BCUT2D eigenvalue weighted by Gasteiger charge is -2.03. The first-order valence-corrected chi connectivity index (χ1v) is 4.56. The van der Waals surface area contributed by atoms with Crippen LogP contribution in [0.5, 0.6) is 0 Å². The summed E-state index contributed by atoms with van der Waals surface area (Å²) in [6.45, 7) is 0.617. The maximum Gasteiger partial charge on any atom is 0.248 e. The third-order valence-corrected chi connectivity index (χ3v) is 1.84. The Morgan fingerprint density at radius 2 is 2.36 bits per heavy atom.